The van der Waals surface area contributed by atoms with Gasteiger partial charge in [0.15, 0.2) is 0 Å². The van der Waals surface area contributed by atoms with Crippen LogP contribution in [0.3, 0.4) is 0 Å². The number of benzene rings is 1. The number of hydrogen-bond acceptors (Lipinski definition) is 5. The first-order valence-corrected chi connectivity index (χ1v) is 7.86. The van der Waals surface area contributed by atoms with Crippen LogP contribution in [0.2, 0.25) is 0 Å². The number of hydrogen-bond donors (Lipinski definition) is 1. The molecule has 2 aromatic rings. The van der Waals surface area contributed by atoms with Crippen LogP contribution in [0.15, 0.2) is 30.5 Å². The predicted molar refractivity (Wildman–Crippen MR) is 84.3 cm³/mol. The van der Waals surface area contributed by atoms with Gasteiger partial charge in [-0.25, -0.2) is 4.68 Å². The minimum absolute atomic E-state index is 0.0626. The lowest BCUT2D eigenvalue weighted by atomic mass is 10.2. The maximum absolute atomic E-state index is 9.50. The highest BCUT2D eigenvalue weighted by Crippen LogP contribution is 2.26. The van der Waals surface area contributed by atoms with Crippen LogP contribution in [-0.4, -0.2) is 28.6 Å². The zero-order valence-corrected chi connectivity index (χ0v) is 13.3. The average Bonchev–Trinajstić information content (AvgIpc) is 3.04. The Morgan fingerprint density at radius 3 is 2.78 bits per heavy atom. The van der Waals surface area contributed by atoms with Crippen molar-refractivity contribution in [3.8, 4) is 11.6 Å². The lowest BCUT2D eigenvalue weighted by Crippen LogP contribution is -2.18. The minimum Gasteiger partial charge on any atom is -0.497 e. The van der Waals surface area contributed by atoms with Crippen LogP contribution < -0.4 is 9.47 Å². The van der Waals surface area contributed by atoms with Crippen LogP contribution in [0.4, 0.5) is 0 Å². The van der Waals surface area contributed by atoms with Crippen LogP contribution in [0, 0.1) is 0 Å². The van der Waals surface area contributed by atoms with E-state index in [2.05, 4.69) is 5.10 Å². The molecule has 3 rings (SSSR count). The Morgan fingerprint density at radius 2 is 2.13 bits per heavy atom. The van der Waals surface area contributed by atoms with Crippen LogP contribution in [0.5, 0.6) is 11.6 Å². The number of rotatable bonds is 6. The van der Waals surface area contributed by atoms with Gasteiger partial charge in [0.1, 0.15) is 18.6 Å². The van der Waals surface area contributed by atoms with E-state index in [1.165, 1.54) is 0 Å². The second-order valence-corrected chi connectivity index (χ2v) is 5.56. The third-order valence-electron chi connectivity index (χ3n) is 3.92. The molecule has 1 aliphatic rings. The molecule has 1 aromatic heterocycles. The number of nitrogens with zero attached hydrogens (tertiary/aromatic N) is 2. The van der Waals surface area contributed by atoms with Crippen LogP contribution in [-0.2, 0) is 18.0 Å². The smallest absolute Gasteiger partial charge is 0.238 e. The highest BCUT2D eigenvalue weighted by molar-refractivity contribution is 5.28. The van der Waals surface area contributed by atoms with Crippen molar-refractivity contribution < 1.29 is 19.3 Å². The van der Waals surface area contributed by atoms with Gasteiger partial charge in [-0.3, -0.25) is 0 Å². The standard InChI is InChI=1S/C17H22N2O4/c1-21-15-7-5-13(6-8-15)12-23-17-14(11-20)10-19(18-17)16-4-2-3-9-22-16/h5-8,10,16,20H,2-4,9,11-12H2,1H3. The zero-order chi connectivity index (χ0) is 16.1. The van der Waals surface area contributed by atoms with E-state index in [0.29, 0.717) is 18.1 Å². The average molecular weight is 318 g/mol. The first-order valence-electron chi connectivity index (χ1n) is 7.86. The van der Waals surface area contributed by atoms with Gasteiger partial charge in [-0.05, 0) is 37.0 Å². The van der Waals surface area contributed by atoms with Gasteiger partial charge >= 0.3 is 0 Å². The summed E-state index contributed by atoms with van der Waals surface area (Å²) in [5.74, 6) is 1.26. The molecule has 6 heteroatoms. The molecule has 1 N–H and O–H groups in total. The number of methoxy groups -OCH3 is 1. The van der Waals surface area contributed by atoms with Gasteiger partial charge in [0.25, 0.3) is 0 Å². The van der Waals surface area contributed by atoms with Crippen molar-refractivity contribution in [2.45, 2.75) is 38.7 Å². The SMILES string of the molecule is COc1ccc(COc2nn(C3CCCCO3)cc2CO)cc1. The third kappa shape index (κ3) is 3.83. The van der Waals surface area contributed by atoms with Crippen molar-refractivity contribution in [2.24, 2.45) is 0 Å². The van der Waals surface area contributed by atoms with Gasteiger partial charge in [-0.2, -0.15) is 0 Å². The fourth-order valence-corrected chi connectivity index (χ4v) is 2.60. The van der Waals surface area contributed by atoms with Gasteiger partial charge in [-0.15, -0.1) is 5.10 Å². The molecule has 0 saturated carbocycles. The molecular formula is C17H22N2O4. The molecule has 1 fully saturated rings. The van der Waals surface area contributed by atoms with E-state index < -0.39 is 0 Å². The largest absolute Gasteiger partial charge is 0.497 e. The molecule has 1 atom stereocenters. The Kier molecular flexibility index (Phi) is 5.15. The van der Waals surface area contributed by atoms with Gasteiger partial charge in [0.05, 0.1) is 19.3 Å². The topological polar surface area (TPSA) is 65.7 Å². The molecule has 1 aromatic carbocycles. The molecule has 1 unspecified atom stereocenters. The highest BCUT2D eigenvalue weighted by Gasteiger charge is 2.19. The molecule has 0 aliphatic carbocycles. The number of aliphatic hydroxyl groups excluding tert-OH is 1. The maximum Gasteiger partial charge on any atom is 0.238 e. The van der Waals surface area contributed by atoms with Crippen molar-refractivity contribution >= 4 is 0 Å². The van der Waals surface area contributed by atoms with E-state index in [-0.39, 0.29) is 12.8 Å². The van der Waals surface area contributed by atoms with E-state index in [1.54, 1.807) is 18.0 Å². The first-order chi connectivity index (χ1) is 11.3. The van der Waals surface area contributed by atoms with E-state index in [1.807, 2.05) is 24.3 Å². The van der Waals surface area contributed by atoms with Crippen LogP contribution >= 0.6 is 0 Å². The van der Waals surface area contributed by atoms with Crippen molar-refractivity contribution in [1.29, 1.82) is 0 Å². The second kappa shape index (κ2) is 7.48. The zero-order valence-electron chi connectivity index (χ0n) is 13.3. The molecule has 0 amide bonds. The van der Waals surface area contributed by atoms with E-state index in [0.717, 1.165) is 37.2 Å². The van der Waals surface area contributed by atoms with E-state index in [4.69, 9.17) is 14.2 Å². The van der Waals surface area contributed by atoms with Crippen LogP contribution in [0.1, 0.15) is 36.6 Å². The minimum atomic E-state index is -0.106. The summed E-state index contributed by atoms with van der Waals surface area (Å²) in [5, 5.41) is 13.9. The first kappa shape index (κ1) is 15.8. The quantitative estimate of drug-likeness (QED) is 0.887. The molecule has 124 valence electrons. The summed E-state index contributed by atoms with van der Waals surface area (Å²) < 4.78 is 18.4. The van der Waals surface area contributed by atoms with E-state index in [9.17, 15) is 5.11 Å². The molecular weight excluding hydrogens is 296 g/mol. The van der Waals surface area contributed by atoms with Gasteiger partial charge < -0.3 is 19.3 Å². The molecule has 23 heavy (non-hydrogen) atoms. The highest BCUT2D eigenvalue weighted by atomic mass is 16.5. The molecule has 0 bridgehead atoms. The second-order valence-electron chi connectivity index (χ2n) is 5.56. The Labute approximate surface area is 135 Å². The van der Waals surface area contributed by atoms with Gasteiger partial charge in [0.2, 0.25) is 5.88 Å². The van der Waals surface area contributed by atoms with Crippen molar-refractivity contribution in [1.82, 2.24) is 9.78 Å². The fourth-order valence-electron chi connectivity index (χ4n) is 2.60. The summed E-state index contributed by atoms with van der Waals surface area (Å²) in [6.45, 7) is 1.03. The fraction of sp³-hybridized carbons (Fsp3) is 0.471. The molecule has 0 radical (unpaired) electrons. The van der Waals surface area contributed by atoms with Crippen molar-refractivity contribution in [3.63, 3.8) is 0 Å². The number of ether oxygens (including phenoxy) is 3. The number of aromatic nitrogens is 2. The number of aliphatic hydroxyl groups is 1. The maximum atomic E-state index is 9.50. The Balaban J connectivity index is 1.67. The van der Waals surface area contributed by atoms with Gasteiger partial charge in [0, 0.05) is 12.8 Å². The van der Waals surface area contributed by atoms with Crippen molar-refractivity contribution in [3.05, 3.63) is 41.6 Å². The summed E-state index contributed by atoms with van der Waals surface area (Å²) in [6, 6.07) is 7.66. The molecule has 0 spiro atoms. The summed E-state index contributed by atoms with van der Waals surface area (Å²) in [7, 11) is 1.64. The monoisotopic (exact) mass is 318 g/mol. The normalized spacial score (nSPS) is 17.9. The third-order valence-corrected chi connectivity index (χ3v) is 3.92. The Bertz CT molecular complexity index is 618. The predicted octanol–water partition coefficient (Wildman–Crippen LogP) is 2.66. The molecule has 6 nitrogen and oxygen atoms in total. The summed E-state index contributed by atoms with van der Waals surface area (Å²) in [6.07, 6.45) is 4.89. The van der Waals surface area contributed by atoms with Crippen molar-refractivity contribution in [2.75, 3.05) is 13.7 Å². The summed E-state index contributed by atoms with van der Waals surface area (Å²) in [4.78, 5) is 0. The Hall–Kier alpha value is -2.05. The molecule has 2 heterocycles. The Morgan fingerprint density at radius 1 is 1.30 bits per heavy atom. The molecule has 1 saturated heterocycles. The van der Waals surface area contributed by atoms with Gasteiger partial charge in [-0.1, -0.05) is 12.1 Å². The lowest BCUT2D eigenvalue weighted by Gasteiger charge is -2.22. The summed E-state index contributed by atoms with van der Waals surface area (Å²) in [5.41, 5.74) is 1.69. The lowest BCUT2D eigenvalue weighted by molar-refractivity contribution is -0.0401. The van der Waals surface area contributed by atoms with E-state index >= 15 is 0 Å². The molecule has 1 aliphatic heterocycles. The summed E-state index contributed by atoms with van der Waals surface area (Å²) >= 11 is 0. The van der Waals surface area contributed by atoms with Crippen LogP contribution in [0.25, 0.3) is 0 Å².